The first-order valence-corrected chi connectivity index (χ1v) is 6.85. The van der Waals surface area contributed by atoms with Crippen molar-refractivity contribution in [3.05, 3.63) is 62.7 Å². The minimum absolute atomic E-state index is 0.191. The van der Waals surface area contributed by atoms with Gasteiger partial charge in [-0.05, 0) is 64.9 Å². The number of hydrogen-bond acceptors (Lipinski definition) is 2. The maximum Gasteiger partial charge on any atom is 0.339 e. The fraction of sp³-hybridized carbons (Fsp3) is 0.133. The smallest absolute Gasteiger partial charge is 0.339 e. The molecule has 0 unspecified atom stereocenters. The van der Waals surface area contributed by atoms with Gasteiger partial charge in [0.15, 0.2) is 0 Å². The molecule has 0 radical (unpaired) electrons. The number of halogens is 1. The Morgan fingerprint density at radius 1 is 1.21 bits per heavy atom. The van der Waals surface area contributed by atoms with E-state index in [1.807, 2.05) is 31.2 Å². The van der Waals surface area contributed by atoms with Crippen LogP contribution >= 0.6 is 22.6 Å². The van der Waals surface area contributed by atoms with Gasteiger partial charge in [-0.15, -0.1) is 0 Å². The molecule has 2 aromatic rings. The van der Waals surface area contributed by atoms with Crippen molar-refractivity contribution >= 4 is 28.6 Å². The fourth-order valence-electron chi connectivity index (χ4n) is 1.67. The molecular weight excluding hydrogens is 355 g/mol. The first-order chi connectivity index (χ1) is 9.06. The van der Waals surface area contributed by atoms with Crippen LogP contribution in [0.2, 0.25) is 0 Å². The SMILES string of the molecule is Cc1ccc(C(=O)O)c(OCc2ccc(I)cc2)c1. The normalized spacial score (nSPS) is 10.2. The minimum atomic E-state index is -0.974. The molecule has 1 N–H and O–H groups in total. The number of carboxylic acids is 1. The molecule has 0 heterocycles. The van der Waals surface area contributed by atoms with Crippen LogP contribution in [0.15, 0.2) is 42.5 Å². The number of carbonyl (C=O) groups is 1. The van der Waals surface area contributed by atoms with E-state index in [-0.39, 0.29) is 5.56 Å². The molecule has 0 saturated heterocycles. The van der Waals surface area contributed by atoms with Crippen LogP contribution in [0.25, 0.3) is 0 Å². The van der Waals surface area contributed by atoms with E-state index >= 15 is 0 Å². The average Bonchev–Trinajstić information content (AvgIpc) is 2.38. The lowest BCUT2D eigenvalue weighted by molar-refractivity contribution is 0.0692. The summed E-state index contributed by atoms with van der Waals surface area (Å²) in [7, 11) is 0. The molecule has 2 aromatic carbocycles. The standard InChI is InChI=1S/C15H13IO3/c1-10-2-7-13(15(17)18)14(8-10)19-9-11-3-5-12(16)6-4-11/h2-8H,9H2,1H3,(H,17,18). The van der Waals surface area contributed by atoms with Gasteiger partial charge in [-0.2, -0.15) is 0 Å². The van der Waals surface area contributed by atoms with Crippen LogP contribution < -0.4 is 4.74 Å². The van der Waals surface area contributed by atoms with Crippen molar-refractivity contribution in [3.8, 4) is 5.75 Å². The second-order valence-corrected chi connectivity index (χ2v) is 5.47. The van der Waals surface area contributed by atoms with E-state index < -0.39 is 5.97 Å². The summed E-state index contributed by atoms with van der Waals surface area (Å²) in [6.07, 6.45) is 0. The topological polar surface area (TPSA) is 46.5 Å². The van der Waals surface area contributed by atoms with Gasteiger partial charge < -0.3 is 9.84 Å². The van der Waals surface area contributed by atoms with E-state index in [9.17, 15) is 4.79 Å². The highest BCUT2D eigenvalue weighted by atomic mass is 127. The van der Waals surface area contributed by atoms with Crippen molar-refractivity contribution in [2.75, 3.05) is 0 Å². The van der Waals surface area contributed by atoms with Gasteiger partial charge in [0, 0.05) is 3.57 Å². The number of rotatable bonds is 4. The maximum absolute atomic E-state index is 11.1. The van der Waals surface area contributed by atoms with Crippen LogP contribution in [0.3, 0.4) is 0 Å². The van der Waals surface area contributed by atoms with Crippen LogP contribution in [0.4, 0.5) is 0 Å². The predicted molar refractivity (Wildman–Crippen MR) is 81.6 cm³/mol. The van der Waals surface area contributed by atoms with Crippen LogP contribution in [-0.2, 0) is 6.61 Å². The van der Waals surface area contributed by atoms with Crippen LogP contribution in [0.5, 0.6) is 5.75 Å². The Morgan fingerprint density at radius 3 is 2.53 bits per heavy atom. The van der Waals surface area contributed by atoms with Crippen molar-refractivity contribution < 1.29 is 14.6 Å². The number of aromatic carboxylic acids is 1. The van der Waals surface area contributed by atoms with Crippen molar-refractivity contribution in [1.29, 1.82) is 0 Å². The molecule has 2 rings (SSSR count). The van der Waals surface area contributed by atoms with E-state index in [0.717, 1.165) is 14.7 Å². The van der Waals surface area contributed by atoms with Crippen LogP contribution in [0, 0.1) is 10.5 Å². The summed E-state index contributed by atoms with van der Waals surface area (Å²) >= 11 is 2.24. The molecule has 0 bridgehead atoms. The van der Waals surface area contributed by atoms with Gasteiger partial charge in [0.25, 0.3) is 0 Å². The molecule has 0 aliphatic heterocycles. The molecule has 0 aliphatic carbocycles. The Morgan fingerprint density at radius 2 is 1.89 bits per heavy atom. The van der Waals surface area contributed by atoms with E-state index in [4.69, 9.17) is 9.84 Å². The van der Waals surface area contributed by atoms with E-state index in [0.29, 0.717) is 12.4 Å². The summed E-state index contributed by atoms with van der Waals surface area (Å²) in [5.74, 6) is -0.566. The first-order valence-electron chi connectivity index (χ1n) is 5.77. The highest BCUT2D eigenvalue weighted by Crippen LogP contribution is 2.21. The monoisotopic (exact) mass is 368 g/mol. The number of ether oxygens (including phenoxy) is 1. The average molecular weight is 368 g/mol. The first kappa shape index (κ1) is 13.9. The van der Waals surface area contributed by atoms with Gasteiger partial charge >= 0.3 is 5.97 Å². The van der Waals surface area contributed by atoms with Crippen molar-refractivity contribution in [1.82, 2.24) is 0 Å². The predicted octanol–water partition coefficient (Wildman–Crippen LogP) is 3.88. The Balaban J connectivity index is 2.16. The number of carboxylic acid groups (broad SMARTS) is 1. The third-order valence-corrected chi connectivity index (χ3v) is 3.39. The summed E-state index contributed by atoms with van der Waals surface area (Å²) in [5, 5.41) is 9.11. The molecule has 0 aliphatic rings. The molecule has 0 atom stereocenters. The van der Waals surface area contributed by atoms with Crippen molar-refractivity contribution in [3.63, 3.8) is 0 Å². The molecule has 0 saturated carbocycles. The molecule has 19 heavy (non-hydrogen) atoms. The molecule has 4 heteroatoms. The Kier molecular flexibility index (Phi) is 4.42. The fourth-order valence-corrected chi connectivity index (χ4v) is 2.03. The third kappa shape index (κ3) is 3.70. The van der Waals surface area contributed by atoms with Gasteiger partial charge in [0.2, 0.25) is 0 Å². The van der Waals surface area contributed by atoms with E-state index in [1.54, 1.807) is 18.2 Å². The number of benzene rings is 2. The van der Waals surface area contributed by atoms with Gasteiger partial charge in [-0.1, -0.05) is 18.2 Å². The van der Waals surface area contributed by atoms with Crippen molar-refractivity contribution in [2.45, 2.75) is 13.5 Å². The zero-order valence-corrected chi connectivity index (χ0v) is 12.5. The second kappa shape index (κ2) is 6.06. The zero-order chi connectivity index (χ0) is 13.8. The second-order valence-electron chi connectivity index (χ2n) is 4.22. The number of hydrogen-bond donors (Lipinski definition) is 1. The largest absolute Gasteiger partial charge is 0.488 e. The van der Waals surface area contributed by atoms with E-state index in [1.165, 1.54) is 0 Å². The van der Waals surface area contributed by atoms with Crippen molar-refractivity contribution in [2.24, 2.45) is 0 Å². The molecule has 0 amide bonds. The quantitative estimate of drug-likeness (QED) is 0.834. The van der Waals surface area contributed by atoms with Gasteiger partial charge in [0.05, 0.1) is 0 Å². The van der Waals surface area contributed by atoms with Gasteiger partial charge in [0.1, 0.15) is 17.9 Å². The Hall–Kier alpha value is -1.56. The molecule has 3 nitrogen and oxygen atoms in total. The zero-order valence-electron chi connectivity index (χ0n) is 10.4. The Bertz CT molecular complexity index is 591. The van der Waals surface area contributed by atoms with Gasteiger partial charge in [-0.3, -0.25) is 0 Å². The lowest BCUT2D eigenvalue weighted by Crippen LogP contribution is -2.03. The molecule has 0 fully saturated rings. The van der Waals surface area contributed by atoms with Crippen LogP contribution in [0.1, 0.15) is 21.5 Å². The van der Waals surface area contributed by atoms with E-state index in [2.05, 4.69) is 22.6 Å². The van der Waals surface area contributed by atoms with Crippen LogP contribution in [-0.4, -0.2) is 11.1 Å². The molecule has 0 spiro atoms. The molecule has 0 aromatic heterocycles. The summed E-state index contributed by atoms with van der Waals surface area (Å²) in [6, 6.07) is 13.0. The highest BCUT2D eigenvalue weighted by molar-refractivity contribution is 14.1. The lowest BCUT2D eigenvalue weighted by Gasteiger charge is -2.10. The lowest BCUT2D eigenvalue weighted by atomic mass is 10.1. The summed E-state index contributed by atoms with van der Waals surface area (Å²) in [4.78, 5) is 11.1. The minimum Gasteiger partial charge on any atom is -0.488 e. The van der Waals surface area contributed by atoms with Gasteiger partial charge in [-0.25, -0.2) is 4.79 Å². The summed E-state index contributed by atoms with van der Waals surface area (Å²) < 4.78 is 6.78. The number of aryl methyl sites for hydroxylation is 1. The Labute approximate surface area is 125 Å². The highest BCUT2D eigenvalue weighted by Gasteiger charge is 2.11. The molecule has 98 valence electrons. The third-order valence-electron chi connectivity index (χ3n) is 2.68. The summed E-state index contributed by atoms with van der Waals surface area (Å²) in [5.41, 5.74) is 2.18. The maximum atomic E-state index is 11.1. The summed E-state index contributed by atoms with van der Waals surface area (Å²) in [6.45, 7) is 2.27. The molecular formula is C15H13IO3.